The SMILES string of the molecule is OC1(CN2CC3CN(c4cc(-n5cccn5)ncn4)CC3C2)CCCC1. The van der Waals surface area contributed by atoms with Gasteiger partial charge in [0.15, 0.2) is 5.82 Å². The van der Waals surface area contributed by atoms with Gasteiger partial charge < -0.3 is 10.0 Å². The lowest BCUT2D eigenvalue weighted by Crippen LogP contribution is -2.41. The van der Waals surface area contributed by atoms with Crippen LogP contribution < -0.4 is 4.90 Å². The molecule has 4 heterocycles. The number of aliphatic hydroxyl groups is 1. The second kappa shape index (κ2) is 6.32. The molecule has 138 valence electrons. The molecule has 2 unspecified atom stereocenters. The van der Waals surface area contributed by atoms with Gasteiger partial charge in [0.25, 0.3) is 0 Å². The molecule has 1 aliphatic carbocycles. The Morgan fingerprint density at radius 2 is 1.77 bits per heavy atom. The Balaban J connectivity index is 1.24. The molecule has 0 bridgehead atoms. The van der Waals surface area contributed by atoms with Gasteiger partial charge in [0, 0.05) is 51.2 Å². The Morgan fingerprint density at radius 1 is 1.04 bits per heavy atom. The van der Waals surface area contributed by atoms with Gasteiger partial charge >= 0.3 is 0 Å². The summed E-state index contributed by atoms with van der Waals surface area (Å²) < 4.78 is 1.77. The van der Waals surface area contributed by atoms with Crippen LogP contribution in [0, 0.1) is 11.8 Å². The third-order valence-corrected chi connectivity index (χ3v) is 6.32. The van der Waals surface area contributed by atoms with Gasteiger partial charge in [-0.3, -0.25) is 4.90 Å². The Kier molecular flexibility index (Phi) is 3.94. The molecule has 2 aromatic heterocycles. The number of anilines is 1. The highest BCUT2D eigenvalue weighted by molar-refractivity contribution is 5.44. The standard InChI is InChI=1S/C19H26N6O/c26-19(4-1-2-5-19)13-23-9-15-11-24(12-16(15)10-23)17-8-18(21-14-20-17)25-7-3-6-22-25/h3,6-8,14-16,26H,1-2,4-5,9-13H2. The van der Waals surface area contributed by atoms with Crippen LogP contribution in [0.2, 0.25) is 0 Å². The molecule has 26 heavy (non-hydrogen) atoms. The van der Waals surface area contributed by atoms with Crippen molar-refractivity contribution in [2.45, 2.75) is 31.3 Å². The van der Waals surface area contributed by atoms with Gasteiger partial charge in [-0.1, -0.05) is 12.8 Å². The molecule has 2 aromatic rings. The summed E-state index contributed by atoms with van der Waals surface area (Å²) in [4.78, 5) is 13.7. The van der Waals surface area contributed by atoms with Gasteiger partial charge in [-0.25, -0.2) is 14.6 Å². The third kappa shape index (κ3) is 2.99. The monoisotopic (exact) mass is 354 g/mol. The zero-order valence-electron chi connectivity index (χ0n) is 15.0. The number of hydrogen-bond donors (Lipinski definition) is 1. The van der Waals surface area contributed by atoms with E-state index in [1.165, 1.54) is 12.8 Å². The fourth-order valence-electron chi connectivity index (χ4n) is 5.05. The first-order valence-electron chi connectivity index (χ1n) is 9.70. The smallest absolute Gasteiger partial charge is 0.158 e. The Labute approximate surface area is 153 Å². The summed E-state index contributed by atoms with van der Waals surface area (Å²) in [5, 5.41) is 14.9. The van der Waals surface area contributed by atoms with Gasteiger partial charge in [0.05, 0.1) is 5.60 Å². The molecule has 7 heteroatoms. The van der Waals surface area contributed by atoms with Crippen LogP contribution in [0.25, 0.3) is 5.82 Å². The van der Waals surface area contributed by atoms with E-state index < -0.39 is 5.60 Å². The molecule has 5 rings (SSSR count). The molecule has 1 saturated carbocycles. The minimum atomic E-state index is -0.427. The van der Waals surface area contributed by atoms with Gasteiger partial charge in [0.1, 0.15) is 12.1 Å². The van der Waals surface area contributed by atoms with Crippen molar-refractivity contribution in [1.29, 1.82) is 0 Å². The van der Waals surface area contributed by atoms with Crippen LogP contribution in [0.1, 0.15) is 25.7 Å². The average Bonchev–Trinajstić information content (AvgIpc) is 3.39. The van der Waals surface area contributed by atoms with Gasteiger partial charge in [-0.05, 0) is 30.7 Å². The second-order valence-electron chi connectivity index (χ2n) is 8.24. The fraction of sp³-hybridized carbons (Fsp3) is 0.632. The molecule has 2 aliphatic heterocycles. The number of β-amino-alcohol motifs (C(OH)–C–C–N with tert-alkyl or cyclic N) is 1. The van der Waals surface area contributed by atoms with Gasteiger partial charge in [0.2, 0.25) is 0 Å². The summed E-state index contributed by atoms with van der Waals surface area (Å²) in [5.74, 6) is 3.13. The molecule has 1 N–H and O–H groups in total. The van der Waals surface area contributed by atoms with Crippen molar-refractivity contribution in [3.05, 3.63) is 30.9 Å². The molecule has 0 radical (unpaired) electrons. The van der Waals surface area contributed by atoms with Crippen molar-refractivity contribution in [1.82, 2.24) is 24.6 Å². The molecule has 0 aromatic carbocycles. The largest absolute Gasteiger partial charge is 0.389 e. The van der Waals surface area contributed by atoms with E-state index in [2.05, 4.69) is 24.9 Å². The van der Waals surface area contributed by atoms with Crippen LogP contribution in [0.3, 0.4) is 0 Å². The van der Waals surface area contributed by atoms with Crippen molar-refractivity contribution in [3.8, 4) is 5.82 Å². The van der Waals surface area contributed by atoms with Crippen LogP contribution in [-0.2, 0) is 0 Å². The Hall–Kier alpha value is -1.99. The first-order valence-corrected chi connectivity index (χ1v) is 9.70. The highest BCUT2D eigenvalue weighted by atomic mass is 16.3. The minimum Gasteiger partial charge on any atom is -0.389 e. The first kappa shape index (κ1) is 16.2. The average molecular weight is 354 g/mol. The summed E-state index contributed by atoms with van der Waals surface area (Å²) in [7, 11) is 0. The maximum absolute atomic E-state index is 10.7. The maximum Gasteiger partial charge on any atom is 0.158 e. The van der Waals surface area contributed by atoms with E-state index in [9.17, 15) is 5.11 Å². The van der Waals surface area contributed by atoms with Crippen molar-refractivity contribution < 1.29 is 5.11 Å². The lowest BCUT2D eigenvalue weighted by Gasteiger charge is -2.29. The lowest BCUT2D eigenvalue weighted by atomic mass is 10.0. The number of hydrogen-bond acceptors (Lipinski definition) is 6. The quantitative estimate of drug-likeness (QED) is 0.893. The summed E-state index contributed by atoms with van der Waals surface area (Å²) in [6.45, 7) is 5.13. The molecule has 3 aliphatic rings. The Morgan fingerprint density at radius 3 is 2.46 bits per heavy atom. The van der Waals surface area contributed by atoms with E-state index in [-0.39, 0.29) is 0 Å². The van der Waals surface area contributed by atoms with E-state index >= 15 is 0 Å². The van der Waals surface area contributed by atoms with Crippen molar-refractivity contribution in [3.63, 3.8) is 0 Å². The minimum absolute atomic E-state index is 0.427. The summed E-state index contributed by atoms with van der Waals surface area (Å²) >= 11 is 0. The van der Waals surface area contributed by atoms with E-state index in [1.807, 2.05) is 18.3 Å². The third-order valence-electron chi connectivity index (χ3n) is 6.32. The van der Waals surface area contributed by atoms with Gasteiger partial charge in [-0.2, -0.15) is 5.10 Å². The van der Waals surface area contributed by atoms with E-state index in [4.69, 9.17) is 0 Å². The summed E-state index contributed by atoms with van der Waals surface area (Å²) in [5.41, 5.74) is -0.427. The predicted octanol–water partition coefficient (Wildman–Crippen LogP) is 1.34. The van der Waals surface area contributed by atoms with Crippen LogP contribution in [-0.4, -0.2) is 68.1 Å². The van der Waals surface area contributed by atoms with Crippen molar-refractivity contribution in [2.75, 3.05) is 37.6 Å². The highest BCUT2D eigenvalue weighted by Crippen LogP contribution is 2.36. The van der Waals surface area contributed by atoms with Gasteiger partial charge in [-0.15, -0.1) is 0 Å². The maximum atomic E-state index is 10.7. The van der Waals surface area contributed by atoms with E-state index in [0.29, 0.717) is 11.8 Å². The normalized spacial score (nSPS) is 28.0. The van der Waals surface area contributed by atoms with Crippen LogP contribution in [0.15, 0.2) is 30.9 Å². The summed E-state index contributed by atoms with van der Waals surface area (Å²) in [6.07, 6.45) is 9.59. The highest BCUT2D eigenvalue weighted by Gasteiger charge is 2.43. The molecule has 3 fully saturated rings. The predicted molar refractivity (Wildman–Crippen MR) is 98.2 cm³/mol. The molecule has 2 saturated heterocycles. The van der Waals surface area contributed by atoms with E-state index in [0.717, 1.165) is 57.2 Å². The van der Waals surface area contributed by atoms with E-state index in [1.54, 1.807) is 17.2 Å². The number of nitrogens with zero attached hydrogens (tertiary/aromatic N) is 6. The van der Waals surface area contributed by atoms with Crippen LogP contribution in [0.5, 0.6) is 0 Å². The number of fused-ring (bicyclic) bond motifs is 1. The molecular formula is C19H26N6O. The molecule has 0 spiro atoms. The van der Waals surface area contributed by atoms with Crippen LogP contribution in [0.4, 0.5) is 5.82 Å². The lowest BCUT2D eigenvalue weighted by molar-refractivity contribution is 0.0141. The molecule has 7 nitrogen and oxygen atoms in total. The second-order valence-corrected chi connectivity index (χ2v) is 8.24. The zero-order chi connectivity index (χ0) is 17.6. The number of likely N-dealkylation sites (tertiary alicyclic amines) is 1. The topological polar surface area (TPSA) is 70.3 Å². The fourth-order valence-corrected chi connectivity index (χ4v) is 5.05. The zero-order valence-corrected chi connectivity index (χ0v) is 15.0. The molecule has 2 atom stereocenters. The Bertz CT molecular complexity index is 743. The van der Waals surface area contributed by atoms with Crippen LogP contribution >= 0.6 is 0 Å². The summed E-state index contributed by atoms with van der Waals surface area (Å²) in [6, 6.07) is 3.92. The van der Waals surface area contributed by atoms with Crippen molar-refractivity contribution >= 4 is 5.82 Å². The van der Waals surface area contributed by atoms with Crippen molar-refractivity contribution in [2.24, 2.45) is 11.8 Å². The number of rotatable bonds is 4. The molecular weight excluding hydrogens is 328 g/mol. The number of aromatic nitrogens is 4. The molecule has 0 amide bonds. The first-order chi connectivity index (χ1) is 12.7.